The largest absolute Gasteiger partial charge is 0.370 e. The summed E-state index contributed by atoms with van der Waals surface area (Å²) in [4.78, 5) is 11.1. The van der Waals surface area contributed by atoms with Crippen LogP contribution in [-0.4, -0.2) is 25.9 Å². The molecule has 1 unspecified atom stereocenters. The zero-order valence-electron chi connectivity index (χ0n) is 14.0. The molecule has 3 rings (SSSR count). The normalized spacial score (nSPS) is 15.4. The molecule has 6 heteroatoms. The Hall–Kier alpha value is -1.82. The van der Waals surface area contributed by atoms with Crippen molar-refractivity contribution in [1.82, 2.24) is 14.8 Å². The summed E-state index contributed by atoms with van der Waals surface area (Å²) in [5.41, 5.74) is 6.67. The first-order valence-corrected chi connectivity index (χ1v) is 9.43. The summed E-state index contributed by atoms with van der Waals surface area (Å²) >= 11 is 1.74. The molecule has 1 atom stereocenters. The molecule has 24 heavy (non-hydrogen) atoms. The monoisotopic (exact) mass is 344 g/mol. The number of aryl methyl sites for hydroxylation is 1. The second-order valence-electron chi connectivity index (χ2n) is 6.44. The average Bonchev–Trinajstić information content (AvgIpc) is 3.34. The summed E-state index contributed by atoms with van der Waals surface area (Å²) in [6.45, 7) is 2.80. The van der Waals surface area contributed by atoms with Gasteiger partial charge in [0.1, 0.15) is 5.82 Å². The fraction of sp³-hybridized carbons (Fsp3) is 0.500. The van der Waals surface area contributed by atoms with Crippen LogP contribution < -0.4 is 5.73 Å². The van der Waals surface area contributed by atoms with Gasteiger partial charge in [0.05, 0.1) is 0 Å². The van der Waals surface area contributed by atoms with Gasteiger partial charge in [-0.3, -0.25) is 4.79 Å². The molecule has 1 aliphatic rings. The lowest BCUT2D eigenvalue weighted by Crippen LogP contribution is -2.16. The molecule has 0 bridgehead atoms. The van der Waals surface area contributed by atoms with E-state index in [0.717, 1.165) is 23.8 Å². The van der Waals surface area contributed by atoms with E-state index in [4.69, 9.17) is 5.73 Å². The second kappa shape index (κ2) is 7.83. The molecule has 0 saturated heterocycles. The minimum absolute atomic E-state index is 0.279. The summed E-state index contributed by atoms with van der Waals surface area (Å²) in [6, 6.07) is 10.5. The number of benzene rings is 1. The summed E-state index contributed by atoms with van der Waals surface area (Å²) in [5.74, 6) is 1.26. The zero-order chi connectivity index (χ0) is 16.9. The highest BCUT2D eigenvalue weighted by molar-refractivity contribution is 7.99. The quantitative estimate of drug-likeness (QED) is 0.709. The van der Waals surface area contributed by atoms with Crippen molar-refractivity contribution in [2.24, 2.45) is 5.73 Å². The van der Waals surface area contributed by atoms with E-state index in [0.29, 0.717) is 24.1 Å². The second-order valence-corrected chi connectivity index (χ2v) is 7.84. The first-order valence-electron chi connectivity index (χ1n) is 8.55. The smallest absolute Gasteiger partial charge is 0.219 e. The number of carbonyl (C=O) groups excluding carboxylic acids is 1. The van der Waals surface area contributed by atoms with Gasteiger partial charge in [-0.05, 0) is 31.2 Å². The van der Waals surface area contributed by atoms with Crippen LogP contribution in [0.4, 0.5) is 0 Å². The topological polar surface area (TPSA) is 73.8 Å². The number of carbonyl (C=O) groups is 1. The van der Waals surface area contributed by atoms with Gasteiger partial charge in [0.2, 0.25) is 5.91 Å². The van der Waals surface area contributed by atoms with Crippen molar-refractivity contribution in [2.75, 3.05) is 0 Å². The molecule has 0 aliphatic heterocycles. The maximum atomic E-state index is 11.1. The number of hydrogen-bond acceptors (Lipinski definition) is 4. The van der Waals surface area contributed by atoms with E-state index < -0.39 is 0 Å². The number of rotatable bonds is 9. The molecule has 128 valence electrons. The van der Waals surface area contributed by atoms with Crippen LogP contribution in [0.5, 0.6) is 0 Å². The van der Waals surface area contributed by atoms with Gasteiger partial charge < -0.3 is 10.3 Å². The van der Waals surface area contributed by atoms with Gasteiger partial charge in [-0.2, -0.15) is 0 Å². The van der Waals surface area contributed by atoms with Crippen molar-refractivity contribution in [2.45, 2.75) is 61.9 Å². The molecular weight excluding hydrogens is 320 g/mol. The van der Waals surface area contributed by atoms with Crippen molar-refractivity contribution in [3.63, 3.8) is 0 Å². The number of hydrogen-bond donors (Lipinski definition) is 1. The van der Waals surface area contributed by atoms with Crippen LogP contribution in [0.3, 0.4) is 0 Å². The summed E-state index contributed by atoms with van der Waals surface area (Å²) in [5, 5.41) is 10.1. The van der Waals surface area contributed by atoms with Gasteiger partial charge in [-0.1, -0.05) is 49.0 Å². The molecule has 2 N–H and O–H groups in total. The number of nitrogens with zero attached hydrogens (tertiary/aromatic N) is 3. The van der Waals surface area contributed by atoms with E-state index in [2.05, 4.69) is 46.0 Å². The number of amides is 1. The lowest BCUT2D eigenvalue weighted by Gasteiger charge is -2.13. The van der Waals surface area contributed by atoms with Crippen LogP contribution in [0.2, 0.25) is 0 Å². The summed E-state index contributed by atoms with van der Waals surface area (Å²) < 4.78 is 2.10. The Morgan fingerprint density at radius 2 is 2.08 bits per heavy atom. The third-order valence-corrected chi connectivity index (χ3v) is 5.41. The van der Waals surface area contributed by atoms with E-state index in [9.17, 15) is 4.79 Å². The van der Waals surface area contributed by atoms with Crippen LogP contribution in [0, 0.1) is 0 Å². The Bertz CT molecular complexity index is 682. The molecule has 1 aromatic carbocycles. The van der Waals surface area contributed by atoms with E-state index in [1.54, 1.807) is 11.8 Å². The highest BCUT2D eigenvalue weighted by atomic mass is 32.2. The van der Waals surface area contributed by atoms with Crippen LogP contribution in [0.15, 0.2) is 35.5 Å². The number of aromatic nitrogens is 3. The van der Waals surface area contributed by atoms with Crippen molar-refractivity contribution >= 4 is 17.7 Å². The molecule has 1 fully saturated rings. The van der Waals surface area contributed by atoms with Gasteiger partial charge in [0.15, 0.2) is 5.16 Å². The van der Waals surface area contributed by atoms with Crippen molar-refractivity contribution in [3.8, 4) is 0 Å². The van der Waals surface area contributed by atoms with Gasteiger partial charge >= 0.3 is 0 Å². The molecule has 5 nitrogen and oxygen atoms in total. The lowest BCUT2D eigenvalue weighted by atomic mass is 10.1. The Morgan fingerprint density at radius 3 is 2.75 bits per heavy atom. The maximum absolute atomic E-state index is 11.1. The van der Waals surface area contributed by atoms with Crippen LogP contribution in [0.1, 0.15) is 49.9 Å². The van der Waals surface area contributed by atoms with Crippen molar-refractivity contribution < 1.29 is 4.79 Å². The summed E-state index contributed by atoms with van der Waals surface area (Å²) in [6.07, 6.45) is 4.81. The first kappa shape index (κ1) is 17.0. The van der Waals surface area contributed by atoms with E-state index in [1.165, 1.54) is 18.4 Å². The third kappa shape index (κ3) is 4.60. The summed E-state index contributed by atoms with van der Waals surface area (Å²) in [7, 11) is 0. The molecule has 0 spiro atoms. The minimum Gasteiger partial charge on any atom is -0.370 e. The number of primary amides is 1. The maximum Gasteiger partial charge on any atom is 0.219 e. The van der Waals surface area contributed by atoms with Crippen molar-refractivity contribution in [1.29, 1.82) is 0 Å². The molecule has 2 aromatic rings. The van der Waals surface area contributed by atoms with Gasteiger partial charge in [0.25, 0.3) is 0 Å². The highest BCUT2D eigenvalue weighted by Gasteiger charge is 2.30. The van der Waals surface area contributed by atoms with Gasteiger partial charge in [-0.25, -0.2) is 0 Å². The average molecular weight is 344 g/mol. The van der Waals surface area contributed by atoms with Crippen LogP contribution >= 0.6 is 11.8 Å². The fourth-order valence-corrected chi connectivity index (χ4v) is 3.71. The zero-order valence-corrected chi connectivity index (χ0v) is 14.8. The molecule has 1 heterocycles. The Labute approximate surface area is 147 Å². The van der Waals surface area contributed by atoms with E-state index >= 15 is 0 Å². The minimum atomic E-state index is -0.279. The third-order valence-electron chi connectivity index (χ3n) is 4.26. The SMILES string of the molecule is CC(CCc1ccccc1)Sc1nnc(C2CC2)n1CCC(N)=O. The van der Waals surface area contributed by atoms with Gasteiger partial charge in [0, 0.05) is 24.1 Å². The molecule has 1 amide bonds. The van der Waals surface area contributed by atoms with E-state index in [-0.39, 0.29) is 5.91 Å². The standard InChI is InChI=1S/C18H24N4OS/c1-13(7-8-14-5-3-2-4-6-14)24-18-21-20-17(15-9-10-15)22(18)12-11-16(19)23/h2-6,13,15H,7-12H2,1H3,(H2,19,23). The Morgan fingerprint density at radius 1 is 1.33 bits per heavy atom. The van der Waals surface area contributed by atoms with Gasteiger partial charge in [-0.15, -0.1) is 10.2 Å². The van der Waals surface area contributed by atoms with Crippen LogP contribution in [0.25, 0.3) is 0 Å². The molecule has 1 saturated carbocycles. The van der Waals surface area contributed by atoms with E-state index in [1.807, 2.05) is 6.07 Å². The number of thioether (sulfide) groups is 1. The molecule has 0 radical (unpaired) electrons. The Balaban J connectivity index is 1.61. The number of nitrogens with two attached hydrogens (primary N) is 1. The van der Waals surface area contributed by atoms with Crippen LogP contribution in [-0.2, 0) is 17.8 Å². The molecule has 1 aliphatic carbocycles. The Kier molecular flexibility index (Phi) is 5.56. The lowest BCUT2D eigenvalue weighted by molar-refractivity contribution is -0.118. The van der Waals surface area contributed by atoms with Crippen molar-refractivity contribution in [3.05, 3.63) is 41.7 Å². The molecule has 1 aromatic heterocycles. The predicted octanol–water partition coefficient (Wildman–Crippen LogP) is 3.14. The molecular formula is C18H24N4OS. The predicted molar refractivity (Wildman–Crippen MR) is 95.9 cm³/mol. The first-order chi connectivity index (χ1) is 11.6. The fourth-order valence-electron chi connectivity index (χ4n) is 2.72. The highest BCUT2D eigenvalue weighted by Crippen LogP contribution is 2.40.